The lowest BCUT2D eigenvalue weighted by atomic mass is 10.1. The topological polar surface area (TPSA) is 42.4 Å². The third-order valence-electron chi connectivity index (χ3n) is 2.63. The largest absolute Gasteiger partial charge is 0.444 e. The molecular formula is C13H18N2O2. The Morgan fingerprint density at radius 2 is 2.24 bits per heavy atom. The molecule has 1 aliphatic rings. The fourth-order valence-electron chi connectivity index (χ4n) is 1.84. The third kappa shape index (κ3) is 2.96. The van der Waals surface area contributed by atoms with Gasteiger partial charge in [0.05, 0.1) is 12.2 Å². The van der Waals surface area contributed by atoms with Crippen molar-refractivity contribution in [3.8, 4) is 0 Å². The molecule has 0 aliphatic carbocycles. The predicted molar refractivity (Wildman–Crippen MR) is 64.6 cm³/mol. The van der Waals surface area contributed by atoms with Crippen LogP contribution in [0.15, 0.2) is 18.3 Å². The molecule has 4 nitrogen and oxygen atoms in total. The molecule has 1 amide bonds. The zero-order valence-corrected chi connectivity index (χ0v) is 10.6. The van der Waals surface area contributed by atoms with Crippen LogP contribution in [0.5, 0.6) is 0 Å². The number of hydrogen-bond acceptors (Lipinski definition) is 3. The fourth-order valence-corrected chi connectivity index (χ4v) is 1.84. The first-order valence-electron chi connectivity index (χ1n) is 5.86. The highest BCUT2D eigenvalue weighted by atomic mass is 16.6. The van der Waals surface area contributed by atoms with Crippen molar-refractivity contribution in [3.63, 3.8) is 0 Å². The SMILES string of the molecule is CC(C)(C)OC(=O)N1CCc2cccnc2C1. The number of amides is 1. The quantitative estimate of drug-likeness (QED) is 0.692. The summed E-state index contributed by atoms with van der Waals surface area (Å²) in [5.41, 5.74) is 1.76. The second-order valence-electron chi connectivity index (χ2n) is 5.26. The summed E-state index contributed by atoms with van der Waals surface area (Å²) < 4.78 is 5.35. The Kier molecular flexibility index (Phi) is 3.05. The van der Waals surface area contributed by atoms with Crippen LogP contribution in [-0.2, 0) is 17.7 Å². The summed E-state index contributed by atoms with van der Waals surface area (Å²) in [6, 6.07) is 4.00. The first-order valence-corrected chi connectivity index (χ1v) is 5.86. The highest BCUT2D eigenvalue weighted by Crippen LogP contribution is 2.18. The Bertz CT molecular complexity index is 424. The lowest BCUT2D eigenvalue weighted by Gasteiger charge is -2.30. The molecule has 92 valence electrons. The van der Waals surface area contributed by atoms with Crippen molar-refractivity contribution in [2.24, 2.45) is 0 Å². The van der Waals surface area contributed by atoms with Gasteiger partial charge in [0.15, 0.2) is 0 Å². The molecular weight excluding hydrogens is 216 g/mol. The molecule has 2 heterocycles. The van der Waals surface area contributed by atoms with Crippen LogP contribution in [0.3, 0.4) is 0 Å². The van der Waals surface area contributed by atoms with E-state index in [1.807, 2.05) is 26.8 Å². The average molecular weight is 234 g/mol. The van der Waals surface area contributed by atoms with E-state index in [9.17, 15) is 4.79 Å². The zero-order chi connectivity index (χ0) is 12.5. The molecule has 0 saturated carbocycles. The minimum absolute atomic E-state index is 0.256. The van der Waals surface area contributed by atoms with Crippen molar-refractivity contribution < 1.29 is 9.53 Å². The monoisotopic (exact) mass is 234 g/mol. The zero-order valence-electron chi connectivity index (χ0n) is 10.6. The van der Waals surface area contributed by atoms with E-state index in [1.165, 1.54) is 5.56 Å². The molecule has 0 bridgehead atoms. The standard InChI is InChI=1S/C13H18N2O2/c1-13(2,3)17-12(16)15-8-6-10-5-4-7-14-11(10)9-15/h4-5,7H,6,8-9H2,1-3H3. The number of nitrogens with zero attached hydrogens (tertiary/aromatic N) is 2. The Labute approximate surface area is 102 Å². The molecule has 1 aromatic heterocycles. The number of rotatable bonds is 0. The van der Waals surface area contributed by atoms with E-state index < -0.39 is 5.60 Å². The van der Waals surface area contributed by atoms with Gasteiger partial charge in [-0.15, -0.1) is 0 Å². The molecule has 0 N–H and O–H groups in total. The molecule has 0 atom stereocenters. The Hall–Kier alpha value is -1.58. The minimum atomic E-state index is -0.443. The van der Waals surface area contributed by atoms with E-state index in [0.717, 1.165) is 12.1 Å². The highest BCUT2D eigenvalue weighted by Gasteiger charge is 2.25. The van der Waals surface area contributed by atoms with Gasteiger partial charge in [-0.2, -0.15) is 0 Å². The van der Waals surface area contributed by atoms with E-state index in [1.54, 1.807) is 11.1 Å². The van der Waals surface area contributed by atoms with Crippen LogP contribution in [0.25, 0.3) is 0 Å². The van der Waals surface area contributed by atoms with Gasteiger partial charge in [0.1, 0.15) is 5.60 Å². The summed E-state index contributed by atoms with van der Waals surface area (Å²) >= 11 is 0. The predicted octanol–water partition coefficient (Wildman–Crippen LogP) is 2.37. The van der Waals surface area contributed by atoms with Crippen molar-refractivity contribution in [3.05, 3.63) is 29.6 Å². The molecule has 0 aromatic carbocycles. The second kappa shape index (κ2) is 4.35. The second-order valence-corrected chi connectivity index (χ2v) is 5.26. The normalized spacial score (nSPS) is 15.4. The molecule has 0 fully saturated rings. The summed E-state index contributed by atoms with van der Waals surface area (Å²) in [4.78, 5) is 17.9. The Balaban J connectivity index is 2.05. The van der Waals surface area contributed by atoms with Crippen molar-refractivity contribution in [1.82, 2.24) is 9.88 Å². The summed E-state index contributed by atoms with van der Waals surface area (Å²) in [6.07, 6.45) is 2.36. The number of aromatic nitrogens is 1. The number of hydrogen-bond donors (Lipinski definition) is 0. The summed E-state index contributed by atoms with van der Waals surface area (Å²) in [5, 5.41) is 0. The molecule has 4 heteroatoms. The van der Waals surface area contributed by atoms with Gasteiger partial charge in [0.2, 0.25) is 0 Å². The molecule has 1 aromatic rings. The lowest BCUT2D eigenvalue weighted by Crippen LogP contribution is -2.40. The van der Waals surface area contributed by atoms with Crippen molar-refractivity contribution in [2.45, 2.75) is 39.3 Å². The van der Waals surface area contributed by atoms with Crippen LogP contribution >= 0.6 is 0 Å². The van der Waals surface area contributed by atoms with E-state index in [4.69, 9.17) is 4.74 Å². The molecule has 1 aliphatic heterocycles. The van der Waals surface area contributed by atoms with Gasteiger partial charge in [-0.3, -0.25) is 4.98 Å². The van der Waals surface area contributed by atoms with Gasteiger partial charge in [-0.1, -0.05) is 6.07 Å². The van der Waals surface area contributed by atoms with Crippen LogP contribution in [0.4, 0.5) is 4.79 Å². The van der Waals surface area contributed by atoms with Gasteiger partial charge in [-0.25, -0.2) is 4.79 Å². The van der Waals surface area contributed by atoms with Crippen molar-refractivity contribution >= 4 is 6.09 Å². The van der Waals surface area contributed by atoms with Crippen LogP contribution in [0.2, 0.25) is 0 Å². The van der Waals surface area contributed by atoms with Crippen LogP contribution in [0, 0.1) is 0 Å². The van der Waals surface area contributed by atoms with E-state index in [0.29, 0.717) is 13.1 Å². The van der Waals surface area contributed by atoms with E-state index in [2.05, 4.69) is 11.1 Å². The Morgan fingerprint density at radius 1 is 1.47 bits per heavy atom. The van der Waals surface area contributed by atoms with Crippen LogP contribution in [-0.4, -0.2) is 28.1 Å². The van der Waals surface area contributed by atoms with Crippen molar-refractivity contribution in [2.75, 3.05) is 6.54 Å². The molecule has 17 heavy (non-hydrogen) atoms. The maximum Gasteiger partial charge on any atom is 0.410 e. The highest BCUT2D eigenvalue weighted by molar-refractivity contribution is 5.68. The van der Waals surface area contributed by atoms with E-state index in [-0.39, 0.29) is 6.09 Å². The lowest BCUT2D eigenvalue weighted by molar-refractivity contribution is 0.0221. The first kappa shape index (κ1) is 11.9. The molecule has 0 radical (unpaired) electrons. The molecule has 0 unspecified atom stereocenters. The Morgan fingerprint density at radius 3 is 2.94 bits per heavy atom. The van der Waals surface area contributed by atoms with Gasteiger partial charge in [0.25, 0.3) is 0 Å². The van der Waals surface area contributed by atoms with Crippen LogP contribution in [0.1, 0.15) is 32.0 Å². The van der Waals surface area contributed by atoms with Gasteiger partial charge >= 0.3 is 6.09 Å². The summed E-state index contributed by atoms with van der Waals surface area (Å²) in [5.74, 6) is 0. The number of ether oxygens (including phenoxy) is 1. The summed E-state index contributed by atoms with van der Waals surface area (Å²) in [6.45, 7) is 6.88. The molecule has 2 rings (SSSR count). The number of fused-ring (bicyclic) bond motifs is 1. The van der Waals surface area contributed by atoms with Gasteiger partial charge in [-0.05, 0) is 38.8 Å². The average Bonchev–Trinajstić information content (AvgIpc) is 2.26. The number of carbonyl (C=O) groups is 1. The van der Waals surface area contributed by atoms with Crippen molar-refractivity contribution in [1.29, 1.82) is 0 Å². The minimum Gasteiger partial charge on any atom is -0.444 e. The molecule has 0 spiro atoms. The van der Waals surface area contributed by atoms with Crippen LogP contribution < -0.4 is 0 Å². The smallest absolute Gasteiger partial charge is 0.410 e. The van der Waals surface area contributed by atoms with Gasteiger partial charge < -0.3 is 9.64 Å². The fraction of sp³-hybridized carbons (Fsp3) is 0.538. The summed E-state index contributed by atoms with van der Waals surface area (Å²) in [7, 11) is 0. The molecule has 0 saturated heterocycles. The first-order chi connectivity index (χ1) is 7.96. The van der Waals surface area contributed by atoms with E-state index >= 15 is 0 Å². The van der Waals surface area contributed by atoms with Gasteiger partial charge in [0, 0.05) is 12.7 Å². The maximum absolute atomic E-state index is 11.9. The number of carbonyl (C=O) groups excluding carboxylic acids is 1. The maximum atomic E-state index is 11.9. The number of pyridine rings is 1. The third-order valence-corrected chi connectivity index (χ3v) is 2.63.